The van der Waals surface area contributed by atoms with Crippen molar-refractivity contribution in [2.24, 2.45) is 0 Å². The Kier molecular flexibility index (Phi) is 6.82. The number of hydrogen-bond donors (Lipinski definition) is 3. The Morgan fingerprint density at radius 3 is 2.63 bits per heavy atom. The Morgan fingerprint density at radius 2 is 1.93 bits per heavy atom. The first-order valence-electron chi connectivity index (χ1n) is 7.73. The second-order valence-corrected chi connectivity index (χ2v) is 7.04. The average Bonchev–Trinajstić information content (AvgIpc) is 2.66. The lowest BCUT2D eigenvalue weighted by Gasteiger charge is -2.10. The molecule has 2 aromatic carbocycles. The first-order valence-corrected chi connectivity index (χ1v) is 9.22. The molecule has 144 valence electrons. The number of ether oxygens (including phenoxy) is 1. The number of anilines is 1. The zero-order valence-electron chi connectivity index (χ0n) is 14.3. The van der Waals surface area contributed by atoms with Gasteiger partial charge in [-0.1, -0.05) is 18.2 Å². The molecule has 0 bridgehead atoms. The number of amides is 1. The summed E-state index contributed by atoms with van der Waals surface area (Å²) in [6.07, 6.45) is 0. The molecule has 0 atom stereocenters. The number of para-hydroxylation sites is 2. The van der Waals surface area contributed by atoms with Crippen molar-refractivity contribution in [3.05, 3.63) is 64.2 Å². The molecule has 0 saturated heterocycles. The van der Waals surface area contributed by atoms with Gasteiger partial charge in [0.15, 0.2) is 0 Å². The highest BCUT2D eigenvalue weighted by Gasteiger charge is 2.17. The van der Waals surface area contributed by atoms with Crippen molar-refractivity contribution in [1.82, 2.24) is 10.1 Å². The van der Waals surface area contributed by atoms with Crippen molar-refractivity contribution in [3.63, 3.8) is 0 Å². The van der Waals surface area contributed by atoms with Gasteiger partial charge >= 0.3 is 0 Å². The summed E-state index contributed by atoms with van der Waals surface area (Å²) < 4.78 is 31.5. The number of nitro benzene ring substituents is 1. The Bertz CT molecular complexity index is 932. The Balaban J connectivity index is 2.11. The third kappa shape index (κ3) is 5.48. The molecule has 1 amide bonds. The van der Waals surface area contributed by atoms with E-state index in [9.17, 15) is 23.3 Å². The normalized spacial score (nSPS) is 11.0. The van der Waals surface area contributed by atoms with E-state index in [1.54, 1.807) is 6.07 Å². The average molecular weight is 394 g/mol. The van der Waals surface area contributed by atoms with E-state index < -0.39 is 20.9 Å². The Labute approximate surface area is 155 Å². The standard InChI is InChI=1S/C16H18N4O6S/c1-26-10-9-17-27(24,25)13-6-4-5-12(11-13)16(21)19-18-14-7-2-3-8-15(14)20(22)23/h2-8,11,17-18H,9-10H2,1H3,(H,19,21). The van der Waals surface area contributed by atoms with Gasteiger partial charge in [-0.2, -0.15) is 0 Å². The van der Waals surface area contributed by atoms with E-state index in [2.05, 4.69) is 15.6 Å². The summed E-state index contributed by atoms with van der Waals surface area (Å²) in [5, 5.41) is 11.0. The molecule has 0 aliphatic rings. The molecule has 27 heavy (non-hydrogen) atoms. The Hall–Kier alpha value is -3.02. The van der Waals surface area contributed by atoms with Crippen LogP contribution in [0, 0.1) is 10.1 Å². The fourth-order valence-electron chi connectivity index (χ4n) is 2.10. The molecule has 0 aliphatic carbocycles. The van der Waals surface area contributed by atoms with Crippen LogP contribution in [0.25, 0.3) is 0 Å². The fraction of sp³-hybridized carbons (Fsp3) is 0.188. The number of methoxy groups -OCH3 is 1. The molecule has 0 heterocycles. The maximum Gasteiger partial charge on any atom is 0.294 e. The zero-order valence-corrected chi connectivity index (χ0v) is 15.2. The largest absolute Gasteiger partial charge is 0.383 e. The van der Waals surface area contributed by atoms with Crippen molar-refractivity contribution in [1.29, 1.82) is 0 Å². The predicted molar refractivity (Wildman–Crippen MR) is 97.7 cm³/mol. The highest BCUT2D eigenvalue weighted by Crippen LogP contribution is 2.22. The minimum Gasteiger partial charge on any atom is -0.383 e. The maximum atomic E-state index is 12.3. The van der Waals surface area contributed by atoms with E-state index in [1.807, 2.05) is 0 Å². The molecule has 0 fully saturated rings. The lowest BCUT2D eigenvalue weighted by atomic mass is 10.2. The molecule has 3 N–H and O–H groups in total. The van der Waals surface area contributed by atoms with E-state index in [-0.39, 0.29) is 35.0 Å². The van der Waals surface area contributed by atoms with Crippen molar-refractivity contribution in [2.45, 2.75) is 4.90 Å². The van der Waals surface area contributed by atoms with Gasteiger partial charge in [-0.05, 0) is 24.3 Å². The van der Waals surface area contributed by atoms with E-state index in [0.717, 1.165) is 0 Å². The van der Waals surface area contributed by atoms with Gasteiger partial charge in [0.25, 0.3) is 11.6 Å². The summed E-state index contributed by atoms with van der Waals surface area (Å²) in [5.74, 6) is -0.651. The highest BCUT2D eigenvalue weighted by molar-refractivity contribution is 7.89. The minimum absolute atomic E-state index is 0.0655. The quantitative estimate of drug-likeness (QED) is 0.331. The summed E-state index contributed by atoms with van der Waals surface area (Å²) in [5.41, 5.74) is 4.73. The van der Waals surface area contributed by atoms with Crippen LogP contribution in [-0.4, -0.2) is 39.5 Å². The minimum atomic E-state index is -3.79. The number of hydrazine groups is 1. The number of carbonyl (C=O) groups excluding carboxylic acids is 1. The predicted octanol–water partition coefficient (Wildman–Crippen LogP) is 1.28. The lowest BCUT2D eigenvalue weighted by molar-refractivity contribution is -0.384. The molecule has 10 nitrogen and oxygen atoms in total. The molecule has 11 heteroatoms. The van der Waals surface area contributed by atoms with Crippen LogP contribution in [0.4, 0.5) is 11.4 Å². The second kappa shape index (κ2) is 9.07. The SMILES string of the molecule is COCCNS(=O)(=O)c1cccc(C(=O)NNc2ccccc2[N+](=O)[O-])c1. The van der Waals surface area contributed by atoms with Crippen LogP contribution in [0.15, 0.2) is 53.4 Å². The monoisotopic (exact) mass is 394 g/mol. The van der Waals surface area contributed by atoms with Crippen LogP contribution in [0.2, 0.25) is 0 Å². The maximum absolute atomic E-state index is 12.3. The number of sulfonamides is 1. The summed E-state index contributed by atoms with van der Waals surface area (Å²) in [4.78, 5) is 22.6. The van der Waals surface area contributed by atoms with Gasteiger partial charge in [-0.25, -0.2) is 13.1 Å². The first kappa shape index (κ1) is 20.3. The van der Waals surface area contributed by atoms with Gasteiger partial charge in [-0.3, -0.25) is 25.8 Å². The molecule has 0 unspecified atom stereocenters. The number of benzene rings is 2. The fourth-order valence-corrected chi connectivity index (χ4v) is 3.16. The van der Waals surface area contributed by atoms with Crippen LogP contribution in [0.5, 0.6) is 0 Å². The number of rotatable bonds is 9. The number of nitrogens with one attached hydrogen (secondary N) is 3. The van der Waals surface area contributed by atoms with Crippen molar-refractivity contribution < 1.29 is 22.9 Å². The smallest absolute Gasteiger partial charge is 0.294 e. The molecule has 2 aromatic rings. The lowest BCUT2D eigenvalue weighted by Crippen LogP contribution is -2.30. The van der Waals surface area contributed by atoms with Crippen LogP contribution < -0.4 is 15.6 Å². The molecule has 0 saturated carbocycles. The van der Waals surface area contributed by atoms with Gasteiger partial charge < -0.3 is 4.74 Å². The number of nitro groups is 1. The van der Waals surface area contributed by atoms with E-state index in [0.29, 0.717) is 0 Å². The van der Waals surface area contributed by atoms with Crippen molar-refractivity contribution >= 4 is 27.3 Å². The van der Waals surface area contributed by atoms with Gasteiger partial charge in [0.1, 0.15) is 5.69 Å². The van der Waals surface area contributed by atoms with Gasteiger partial charge in [0.05, 0.1) is 16.4 Å². The van der Waals surface area contributed by atoms with Crippen LogP contribution in [0.3, 0.4) is 0 Å². The zero-order chi connectivity index (χ0) is 19.9. The third-order valence-corrected chi connectivity index (χ3v) is 4.87. The topological polar surface area (TPSA) is 140 Å². The summed E-state index contributed by atoms with van der Waals surface area (Å²) in [6, 6.07) is 11.2. The van der Waals surface area contributed by atoms with E-state index in [4.69, 9.17) is 4.74 Å². The number of carbonyl (C=O) groups is 1. The number of hydrogen-bond acceptors (Lipinski definition) is 7. The van der Waals surface area contributed by atoms with Gasteiger partial charge in [0.2, 0.25) is 10.0 Å². The third-order valence-electron chi connectivity index (χ3n) is 3.42. The van der Waals surface area contributed by atoms with Crippen LogP contribution >= 0.6 is 0 Å². The van der Waals surface area contributed by atoms with E-state index in [1.165, 1.54) is 49.6 Å². The highest BCUT2D eigenvalue weighted by atomic mass is 32.2. The Morgan fingerprint density at radius 1 is 1.19 bits per heavy atom. The molecule has 0 radical (unpaired) electrons. The summed E-state index contributed by atoms with van der Waals surface area (Å²) in [6.45, 7) is 0.299. The molecular formula is C16H18N4O6S. The van der Waals surface area contributed by atoms with Crippen LogP contribution in [0.1, 0.15) is 10.4 Å². The summed E-state index contributed by atoms with van der Waals surface area (Å²) >= 11 is 0. The summed E-state index contributed by atoms with van der Waals surface area (Å²) in [7, 11) is -2.35. The molecule has 0 aromatic heterocycles. The second-order valence-electron chi connectivity index (χ2n) is 5.27. The van der Waals surface area contributed by atoms with Crippen molar-refractivity contribution in [2.75, 3.05) is 25.7 Å². The number of nitrogens with zero attached hydrogens (tertiary/aromatic N) is 1. The molecule has 2 rings (SSSR count). The van der Waals surface area contributed by atoms with Crippen molar-refractivity contribution in [3.8, 4) is 0 Å². The van der Waals surface area contributed by atoms with Gasteiger partial charge in [-0.15, -0.1) is 0 Å². The molecule has 0 aliphatic heterocycles. The van der Waals surface area contributed by atoms with Crippen LogP contribution in [-0.2, 0) is 14.8 Å². The molecular weight excluding hydrogens is 376 g/mol. The first-order chi connectivity index (χ1) is 12.8. The van der Waals surface area contributed by atoms with Gasteiger partial charge in [0, 0.05) is 25.3 Å². The molecule has 0 spiro atoms. The van der Waals surface area contributed by atoms with E-state index >= 15 is 0 Å².